The first-order valence-electron chi connectivity index (χ1n) is 14.0. The molecule has 0 aliphatic rings. The number of aromatic amines is 1. The molecule has 4 rings (SSSR count). The zero-order valence-electron chi connectivity index (χ0n) is 24.2. The van der Waals surface area contributed by atoms with Crippen LogP contribution < -0.4 is 11.5 Å². The van der Waals surface area contributed by atoms with Gasteiger partial charge < -0.3 is 25.9 Å². The van der Waals surface area contributed by atoms with Gasteiger partial charge in [-0.1, -0.05) is 67.6 Å². The molecule has 0 saturated heterocycles. The number of primary amides is 1. The number of nitrogens with one attached hydrogen (secondary N) is 1. The summed E-state index contributed by atoms with van der Waals surface area (Å²) < 4.78 is 10.7. The van der Waals surface area contributed by atoms with E-state index < -0.39 is 35.5 Å². The molecule has 0 aliphatic heterocycles. The molecule has 2 atom stereocenters. The molecule has 10 nitrogen and oxygen atoms in total. The third kappa shape index (κ3) is 7.28. The molecule has 1 aromatic heterocycles. The van der Waals surface area contributed by atoms with E-state index in [0.29, 0.717) is 29.7 Å². The average molecular weight is 585 g/mol. The number of aromatic nitrogens is 1. The second kappa shape index (κ2) is 13.8. The first-order chi connectivity index (χ1) is 20.6. The van der Waals surface area contributed by atoms with Crippen molar-refractivity contribution in [1.29, 1.82) is 0 Å². The molecule has 0 spiro atoms. The lowest BCUT2D eigenvalue weighted by Crippen LogP contribution is -2.64. The second-order valence-electron chi connectivity index (χ2n) is 10.5. The number of nitrogens with zero attached hydrogens (tertiary/aromatic N) is 1. The third-order valence-corrected chi connectivity index (χ3v) is 7.24. The largest absolute Gasteiger partial charge is 0.462 e. The molecule has 0 radical (unpaired) electrons. The fourth-order valence-corrected chi connectivity index (χ4v) is 4.82. The summed E-state index contributed by atoms with van der Waals surface area (Å²) in [5.41, 5.74) is 13.7. The van der Waals surface area contributed by atoms with Crippen molar-refractivity contribution < 1.29 is 28.7 Å². The van der Waals surface area contributed by atoms with Crippen molar-refractivity contribution in [3.8, 4) is 0 Å². The molecule has 4 aromatic rings. The Morgan fingerprint density at radius 3 is 2.26 bits per heavy atom. The number of fused-ring (bicyclic) bond motifs is 1. The third-order valence-electron chi connectivity index (χ3n) is 7.24. The van der Waals surface area contributed by atoms with Crippen molar-refractivity contribution in [1.82, 2.24) is 9.88 Å². The van der Waals surface area contributed by atoms with E-state index in [1.54, 1.807) is 54.7 Å². The zero-order chi connectivity index (χ0) is 31.0. The number of carbonyl (C=O) groups is 4. The van der Waals surface area contributed by atoms with Crippen LogP contribution in [0.3, 0.4) is 0 Å². The molecule has 0 bridgehead atoms. The molecule has 224 valence electrons. The number of para-hydroxylation sites is 1. The Labute approximate surface area is 249 Å². The molecular weight excluding hydrogens is 548 g/mol. The van der Waals surface area contributed by atoms with Crippen molar-refractivity contribution in [2.24, 2.45) is 11.5 Å². The van der Waals surface area contributed by atoms with Crippen LogP contribution in [0.2, 0.25) is 0 Å². The molecule has 0 fully saturated rings. The predicted molar refractivity (Wildman–Crippen MR) is 162 cm³/mol. The van der Waals surface area contributed by atoms with Crippen LogP contribution in [-0.4, -0.2) is 51.9 Å². The lowest BCUT2D eigenvalue weighted by molar-refractivity contribution is -0.144. The van der Waals surface area contributed by atoms with Gasteiger partial charge in [0.15, 0.2) is 0 Å². The normalized spacial score (nSPS) is 13.1. The van der Waals surface area contributed by atoms with Crippen LogP contribution in [-0.2, 0) is 38.5 Å². The van der Waals surface area contributed by atoms with Crippen LogP contribution in [0.4, 0.5) is 4.79 Å². The van der Waals surface area contributed by atoms with Gasteiger partial charge in [0.2, 0.25) is 11.8 Å². The lowest BCUT2D eigenvalue weighted by atomic mass is 9.89. The van der Waals surface area contributed by atoms with E-state index in [1.807, 2.05) is 37.3 Å². The molecule has 5 N–H and O–H groups in total. The van der Waals surface area contributed by atoms with Crippen LogP contribution >= 0.6 is 0 Å². The fourth-order valence-electron chi connectivity index (χ4n) is 4.82. The van der Waals surface area contributed by atoms with Gasteiger partial charge >= 0.3 is 12.1 Å². The molecule has 3 aromatic carbocycles. The van der Waals surface area contributed by atoms with Crippen LogP contribution in [0.1, 0.15) is 47.3 Å². The first kappa shape index (κ1) is 31.0. The number of benzene rings is 3. The van der Waals surface area contributed by atoms with Crippen molar-refractivity contribution in [3.05, 3.63) is 107 Å². The topological polar surface area (TPSA) is 158 Å². The number of amides is 3. The van der Waals surface area contributed by atoms with E-state index in [9.17, 15) is 19.2 Å². The summed E-state index contributed by atoms with van der Waals surface area (Å²) >= 11 is 0. The van der Waals surface area contributed by atoms with E-state index >= 15 is 0 Å². The van der Waals surface area contributed by atoms with Crippen molar-refractivity contribution >= 4 is 34.8 Å². The number of hydrogen-bond donors (Lipinski definition) is 3. The predicted octanol–water partition coefficient (Wildman–Crippen LogP) is 4.26. The summed E-state index contributed by atoms with van der Waals surface area (Å²) in [5.74, 6) is -2.15. The SMILES string of the molecule is CCCOC(=O)c1ccc(COC(=O)N(C(=O)[C@@H](N)Cc2c[nH]c3ccccc23)C(C)(Cc2ccccc2)C(N)=O)cc1. The maximum absolute atomic E-state index is 13.9. The molecule has 1 heterocycles. The van der Waals surface area contributed by atoms with Crippen molar-refractivity contribution in [3.63, 3.8) is 0 Å². The number of carbonyl (C=O) groups excluding carboxylic acids is 4. The first-order valence-corrected chi connectivity index (χ1v) is 14.0. The van der Waals surface area contributed by atoms with Gasteiger partial charge in [-0.05, 0) is 54.7 Å². The van der Waals surface area contributed by atoms with E-state index in [-0.39, 0.29) is 19.4 Å². The average Bonchev–Trinajstić information content (AvgIpc) is 3.42. The zero-order valence-corrected chi connectivity index (χ0v) is 24.2. The van der Waals surface area contributed by atoms with Crippen LogP contribution in [0.15, 0.2) is 85.1 Å². The number of rotatable bonds is 12. The van der Waals surface area contributed by atoms with Crippen molar-refractivity contribution in [2.75, 3.05) is 6.61 Å². The highest BCUT2D eigenvalue weighted by Crippen LogP contribution is 2.26. The standard InChI is InChI=1S/C33H36N4O6/c1-3-17-42-30(39)24-15-13-23(14-16-24)21-43-32(41)37(33(2,31(35)40)19-22-9-5-4-6-10-22)29(38)27(34)18-25-20-36-28-12-8-7-11-26(25)28/h4-16,20,27,36H,3,17-19,21,34H2,1-2H3,(H2,35,40)/t27-,33?/m0/s1. The molecule has 43 heavy (non-hydrogen) atoms. The van der Waals surface area contributed by atoms with Gasteiger partial charge in [0.05, 0.1) is 18.2 Å². The Hall–Kier alpha value is -4.96. The maximum Gasteiger partial charge on any atom is 0.417 e. The number of ether oxygens (including phenoxy) is 2. The Morgan fingerprint density at radius 1 is 0.907 bits per heavy atom. The highest BCUT2D eigenvalue weighted by molar-refractivity contribution is 6.02. The highest BCUT2D eigenvalue weighted by atomic mass is 16.6. The van der Waals surface area contributed by atoms with Gasteiger partial charge in [-0.3, -0.25) is 9.59 Å². The van der Waals surface area contributed by atoms with Gasteiger partial charge in [0.25, 0.3) is 0 Å². The number of H-pyrrole nitrogens is 1. The van der Waals surface area contributed by atoms with E-state index in [4.69, 9.17) is 20.9 Å². The van der Waals surface area contributed by atoms with Crippen molar-refractivity contribution in [2.45, 2.75) is 51.3 Å². The van der Waals surface area contributed by atoms with Crippen LogP contribution in [0.5, 0.6) is 0 Å². The Kier molecular flexibility index (Phi) is 9.95. The van der Waals surface area contributed by atoms with Crippen LogP contribution in [0.25, 0.3) is 10.9 Å². The Balaban J connectivity index is 1.59. The number of esters is 1. The highest BCUT2D eigenvalue weighted by Gasteiger charge is 2.47. The van der Waals surface area contributed by atoms with Crippen LogP contribution in [0, 0.1) is 0 Å². The molecular formula is C33H36N4O6. The van der Waals surface area contributed by atoms with E-state index in [0.717, 1.165) is 21.4 Å². The summed E-state index contributed by atoms with van der Waals surface area (Å²) in [4.78, 5) is 56.6. The molecule has 3 amide bonds. The summed E-state index contributed by atoms with van der Waals surface area (Å²) in [6.07, 6.45) is 1.46. The summed E-state index contributed by atoms with van der Waals surface area (Å²) in [6, 6.07) is 21.7. The minimum Gasteiger partial charge on any atom is -0.462 e. The Bertz CT molecular complexity index is 1580. The summed E-state index contributed by atoms with van der Waals surface area (Å²) in [5, 5.41) is 0.892. The minimum absolute atomic E-state index is 0.0433. The maximum atomic E-state index is 13.9. The minimum atomic E-state index is -1.79. The summed E-state index contributed by atoms with van der Waals surface area (Å²) in [7, 11) is 0. The van der Waals surface area contributed by atoms with Gasteiger partial charge in [-0.15, -0.1) is 0 Å². The van der Waals surface area contributed by atoms with Gasteiger partial charge in [0.1, 0.15) is 12.1 Å². The second-order valence-corrected chi connectivity index (χ2v) is 10.5. The van der Waals surface area contributed by atoms with Gasteiger partial charge in [-0.2, -0.15) is 0 Å². The fraction of sp³-hybridized carbons (Fsp3) is 0.273. The molecule has 1 unspecified atom stereocenters. The smallest absolute Gasteiger partial charge is 0.417 e. The van der Waals surface area contributed by atoms with Gasteiger partial charge in [0, 0.05) is 23.5 Å². The number of nitrogens with two attached hydrogens (primary N) is 2. The number of hydrogen-bond acceptors (Lipinski definition) is 7. The number of imide groups is 1. The van der Waals surface area contributed by atoms with E-state index in [1.165, 1.54) is 6.92 Å². The molecule has 10 heteroatoms. The monoisotopic (exact) mass is 584 g/mol. The molecule has 0 aliphatic carbocycles. The van der Waals surface area contributed by atoms with Gasteiger partial charge in [-0.25, -0.2) is 14.5 Å². The quantitative estimate of drug-likeness (QED) is 0.210. The Morgan fingerprint density at radius 2 is 1.58 bits per heavy atom. The summed E-state index contributed by atoms with van der Waals surface area (Å²) in [6.45, 7) is 3.41. The molecule has 0 saturated carbocycles. The van der Waals surface area contributed by atoms with E-state index in [2.05, 4.69) is 4.98 Å². The lowest BCUT2D eigenvalue weighted by Gasteiger charge is -2.38.